The van der Waals surface area contributed by atoms with E-state index in [1.807, 2.05) is 24.4 Å². The first kappa shape index (κ1) is 14.0. The van der Waals surface area contributed by atoms with Crippen molar-refractivity contribution in [3.63, 3.8) is 0 Å². The van der Waals surface area contributed by atoms with Crippen molar-refractivity contribution in [3.05, 3.63) is 36.3 Å². The summed E-state index contributed by atoms with van der Waals surface area (Å²) in [6, 6.07) is 6.67. The minimum absolute atomic E-state index is 0.591. The minimum atomic E-state index is 0.591. The summed E-state index contributed by atoms with van der Waals surface area (Å²) in [5.41, 5.74) is 7.86. The molecule has 0 bridgehead atoms. The van der Waals surface area contributed by atoms with Gasteiger partial charge in [0.25, 0.3) is 0 Å². The Balaban J connectivity index is 2.15. The van der Waals surface area contributed by atoms with E-state index in [1.54, 1.807) is 0 Å². The van der Waals surface area contributed by atoms with Crippen LogP contribution in [0, 0.1) is 0 Å². The third-order valence-electron chi connectivity index (χ3n) is 3.65. The maximum atomic E-state index is 5.74. The Labute approximate surface area is 115 Å². The Morgan fingerprint density at radius 2 is 2.11 bits per heavy atom. The third-order valence-corrected chi connectivity index (χ3v) is 3.65. The second-order valence-electron chi connectivity index (χ2n) is 4.93. The SMILES string of the molecule is CCC(CC)N(CCN)Cc1cn2ccccc2n1. The zero-order chi connectivity index (χ0) is 13.7. The van der Waals surface area contributed by atoms with Crippen LogP contribution in [-0.4, -0.2) is 33.4 Å². The van der Waals surface area contributed by atoms with Crippen LogP contribution in [0.25, 0.3) is 5.65 Å². The van der Waals surface area contributed by atoms with E-state index in [0.29, 0.717) is 12.6 Å². The Morgan fingerprint density at radius 1 is 1.32 bits per heavy atom. The summed E-state index contributed by atoms with van der Waals surface area (Å²) in [7, 11) is 0. The molecule has 0 fully saturated rings. The van der Waals surface area contributed by atoms with Gasteiger partial charge in [-0.1, -0.05) is 19.9 Å². The smallest absolute Gasteiger partial charge is 0.137 e. The van der Waals surface area contributed by atoms with Gasteiger partial charge in [-0.3, -0.25) is 4.90 Å². The number of imidazole rings is 1. The number of aromatic nitrogens is 2. The molecule has 0 saturated heterocycles. The maximum absolute atomic E-state index is 5.74. The van der Waals surface area contributed by atoms with Crippen molar-refractivity contribution in [2.75, 3.05) is 13.1 Å². The zero-order valence-corrected chi connectivity index (χ0v) is 11.9. The van der Waals surface area contributed by atoms with E-state index in [4.69, 9.17) is 5.73 Å². The Kier molecular flexibility index (Phi) is 4.93. The molecule has 0 spiro atoms. The number of pyridine rings is 1. The van der Waals surface area contributed by atoms with Crippen LogP contribution < -0.4 is 5.73 Å². The average Bonchev–Trinajstić information content (AvgIpc) is 2.82. The highest BCUT2D eigenvalue weighted by Crippen LogP contribution is 2.13. The molecule has 0 atom stereocenters. The van der Waals surface area contributed by atoms with Crippen molar-refractivity contribution in [2.24, 2.45) is 5.73 Å². The highest BCUT2D eigenvalue weighted by molar-refractivity contribution is 5.39. The van der Waals surface area contributed by atoms with E-state index in [1.165, 1.54) is 0 Å². The Morgan fingerprint density at radius 3 is 2.74 bits per heavy atom. The molecule has 2 N–H and O–H groups in total. The number of nitrogens with zero attached hydrogens (tertiary/aromatic N) is 3. The van der Waals surface area contributed by atoms with E-state index in [-0.39, 0.29) is 0 Å². The van der Waals surface area contributed by atoms with E-state index in [0.717, 1.165) is 37.3 Å². The van der Waals surface area contributed by atoms with Crippen LogP contribution in [0.1, 0.15) is 32.4 Å². The van der Waals surface area contributed by atoms with E-state index >= 15 is 0 Å². The van der Waals surface area contributed by atoms with Crippen LogP contribution >= 0.6 is 0 Å². The van der Waals surface area contributed by atoms with E-state index in [2.05, 4.69) is 34.3 Å². The topological polar surface area (TPSA) is 46.6 Å². The monoisotopic (exact) mass is 260 g/mol. The van der Waals surface area contributed by atoms with Gasteiger partial charge in [0.15, 0.2) is 0 Å². The fourth-order valence-corrected chi connectivity index (χ4v) is 2.63. The Bertz CT molecular complexity index is 469. The quantitative estimate of drug-likeness (QED) is 0.831. The van der Waals surface area contributed by atoms with Gasteiger partial charge in [0.05, 0.1) is 5.69 Å². The van der Waals surface area contributed by atoms with E-state index in [9.17, 15) is 0 Å². The lowest BCUT2D eigenvalue weighted by Gasteiger charge is -2.29. The molecule has 0 radical (unpaired) electrons. The molecule has 4 nitrogen and oxygen atoms in total. The van der Waals surface area contributed by atoms with Crippen molar-refractivity contribution in [1.29, 1.82) is 0 Å². The fourth-order valence-electron chi connectivity index (χ4n) is 2.63. The van der Waals surface area contributed by atoms with Gasteiger partial charge in [0.1, 0.15) is 5.65 Å². The maximum Gasteiger partial charge on any atom is 0.137 e. The minimum Gasteiger partial charge on any atom is -0.329 e. The van der Waals surface area contributed by atoms with Gasteiger partial charge < -0.3 is 10.1 Å². The summed E-state index contributed by atoms with van der Waals surface area (Å²) in [5.74, 6) is 0. The van der Waals surface area contributed by atoms with Crippen LogP contribution in [0.4, 0.5) is 0 Å². The molecule has 2 rings (SSSR count). The highest BCUT2D eigenvalue weighted by Gasteiger charge is 2.16. The molecule has 0 amide bonds. The van der Waals surface area contributed by atoms with Crippen LogP contribution in [0.5, 0.6) is 0 Å². The first-order valence-electron chi connectivity index (χ1n) is 7.15. The van der Waals surface area contributed by atoms with Crippen molar-refractivity contribution < 1.29 is 0 Å². The standard InChI is InChI=1S/C15H24N4/c1-3-14(4-2)18(10-8-16)11-13-12-19-9-6-5-7-15(19)17-13/h5-7,9,12,14H,3-4,8,10-11,16H2,1-2H3. The van der Waals surface area contributed by atoms with Crippen LogP contribution in [0.15, 0.2) is 30.6 Å². The van der Waals surface area contributed by atoms with Gasteiger partial charge >= 0.3 is 0 Å². The highest BCUT2D eigenvalue weighted by atomic mass is 15.2. The van der Waals surface area contributed by atoms with Gasteiger partial charge in [-0.05, 0) is 25.0 Å². The molecule has 0 aliphatic carbocycles. The third kappa shape index (κ3) is 3.33. The summed E-state index contributed by atoms with van der Waals surface area (Å²) in [6.45, 7) is 6.98. The molecule has 2 aromatic rings. The molecule has 2 aromatic heterocycles. The summed E-state index contributed by atoms with van der Waals surface area (Å²) >= 11 is 0. The second-order valence-corrected chi connectivity index (χ2v) is 4.93. The molecule has 0 aromatic carbocycles. The molecular formula is C15H24N4. The summed E-state index contributed by atoms with van der Waals surface area (Å²) in [6.07, 6.45) is 6.46. The summed E-state index contributed by atoms with van der Waals surface area (Å²) in [5, 5.41) is 0. The fraction of sp³-hybridized carbons (Fsp3) is 0.533. The predicted octanol–water partition coefficient (Wildman–Crippen LogP) is 2.28. The molecule has 0 saturated carbocycles. The van der Waals surface area contributed by atoms with Gasteiger partial charge in [-0.25, -0.2) is 4.98 Å². The number of rotatable bonds is 7. The van der Waals surface area contributed by atoms with Gasteiger partial charge in [0, 0.05) is 38.1 Å². The van der Waals surface area contributed by atoms with Crippen molar-refractivity contribution >= 4 is 5.65 Å². The molecule has 2 heterocycles. The molecule has 0 aliphatic heterocycles. The molecule has 4 heteroatoms. The molecule has 19 heavy (non-hydrogen) atoms. The van der Waals surface area contributed by atoms with Crippen LogP contribution in [0.3, 0.4) is 0 Å². The van der Waals surface area contributed by atoms with Crippen LogP contribution in [0.2, 0.25) is 0 Å². The first-order valence-corrected chi connectivity index (χ1v) is 7.15. The number of hydrogen-bond acceptors (Lipinski definition) is 3. The summed E-state index contributed by atoms with van der Waals surface area (Å²) in [4.78, 5) is 7.11. The summed E-state index contributed by atoms with van der Waals surface area (Å²) < 4.78 is 2.07. The lowest BCUT2D eigenvalue weighted by molar-refractivity contribution is 0.180. The number of nitrogens with two attached hydrogens (primary N) is 1. The zero-order valence-electron chi connectivity index (χ0n) is 11.9. The lowest BCUT2D eigenvalue weighted by Crippen LogP contribution is -2.37. The molecule has 0 aliphatic rings. The largest absolute Gasteiger partial charge is 0.329 e. The number of hydrogen-bond donors (Lipinski definition) is 1. The van der Waals surface area contributed by atoms with Crippen LogP contribution in [-0.2, 0) is 6.54 Å². The van der Waals surface area contributed by atoms with Gasteiger partial charge in [-0.15, -0.1) is 0 Å². The lowest BCUT2D eigenvalue weighted by atomic mass is 10.1. The van der Waals surface area contributed by atoms with E-state index < -0.39 is 0 Å². The predicted molar refractivity (Wildman–Crippen MR) is 79.0 cm³/mol. The van der Waals surface area contributed by atoms with Crippen molar-refractivity contribution in [2.45, 2.75) is 39.3 Å². The average molecular weight is 260 g/mol. The molecular weight excluding hydrogens is 236 g/mol. The normalized spacial score (nSPS) is 11.8. The molecule has 0 unspecified atom stereocenters. The number of fused-ring (bicyclic) bond motifs is 1. The van der Waals surface area contributed by atoms with Crippen molar-refractivity contribution in [1.82, 2.24) is 14.3 Å². The second kappa shape index (κ2) is 6.68. The molecule has 104 valence electrons. The van der Waals surface area contributed by atoms with Crippen molar-refractivity contribution in [3.8, 4) is 0 Å². The van der Waals surface area contributed by atoms with Gasteiger partial charge in [-0.2, -0.15) is 0 Å². The first-order chi connectivity index (χ1) is 9.28. The van der Waals surface area contributed by atoms with Gasteiger partial charge in [0.2, 0.25) is 0 Å². The Hall–Kier alpha value is -1.39.